The molecule has 6 rings (SSSR count). The largest absolute Gasteiger partial charge is 0.451 e. The number of aliphatic hydroxyl groups excluding tert-OH is 2. The summed E-state index contributed by atoms with van der Waals surface area (Å²) >= 11 is 0. The first kappa shape index (κ1) is 26.9. The summed E-state index contributed by atoms with van der Waals surface area (Å²) in [5, 5.41) is 37.9. The summed E-state index contributed by atoms with van der Waals surface area (Å²) in [6.07, 6.45) is 1.23. The topological polar surface area (TPSA) is 116 Å². The number of ketones is 1. The van der Waals surface area contributed by atoms with E-state index in [1.54, 1.807) is 43.3 Å². The average molecular weight is 544 g/mol. The van der Waals surface area contributed by atoms with Crippen molar-refractivity contribution >= 4 is 23.1 Å². The van der Waals surface area contributed by atoms with E-state index in [9.17, 15) is 24.9 Å². The van der Waals surface area contributed by atoms with E-state index in [0.717, 1.165) is 5.69 Å². The lowest BCUT2D eigenvalue weighted by molar-refractivity contribution is -0.190. The number of esters is 1. The van der Waals surface area contributed by atoms with Crippen LogP contribution < -0.4 is 5.32 Å². The van der Waals surface area contributed by atoms with Crippen LogP contribution in [0.25, 0.3) is 0 Å². The summed E-state index contributed by atoms with van der Waals surface area (Å²) in [7, 11) is 0. The van der Waals surface area contributed by atoms with Crippen molar-refractivity contribution < 1.29 is 29.6 Å². The van der Waals surface area contributed by atoms with Gasteiger partial charge in [0.05, 0.1) is 23.3 Å². The van der Waals surface area contributed by atoms with E-state index in [1.165, 1.54) is 0 Å². The van der Waals surface area contributed by atoms with Gasteiger partial charge in [-0.2, -0.15) is 0 Å². The van der Waals surface area contributed by atoms with Gasteiger partial charge in [0.2, 0.25) is 0 Å². The fourth-order valence-corrected chi connectivity index (χ4v) is 8.21. The third-order valence-electron chi connectivity index (χ3n) is 10.3. The quantitative estimate of drug-likeness (QED) is 0.326. The zero-order valence-electron chi connectivity index (χ0n) is 23.3. The van der Waals surface area contributed by atoms with Crippen LogP contribution >= 0.6 is 0 Å². The number of Topliss-reactive ketones (excluding diaryl/α,β-unsaturated/α-hetero) is 1. The Morgan fingerprint density at radius 2 is 1.77 bits per heavy atom. The molecule has 2 fully saturated rings. The molecule has 210 valence electrons. The van der Waals surface area contributed by atoms with Crippen LogP contribution in [0.5, 0.6) is 0 Å². The summed E-state index contributed by atoms with van der Waals surface area (Å²) in [6, 6.07) is 16.3. The van der Waals surface area contributed by atoms with Crippen molar-refractivity contribution in [3.8, 4) is 0 Å². The summed E-state index contributed by atoms with van der Waals surface area (Å²) in [5.74, 6) is -1.40. The van der Waals surface area contributed by atoms with Gasteiger partial charge in [-0.1, -0.05) is 63.3 Å². The minimum Gasteiger partial charge on any atom is -0.451 e. The summed E-state index contributed by atoms with van der Waals surface area (Å²) in [6.45, 7) is 7.47. The SMILES string of the molecule is CC1=C[C@]23C(=O)[C@@H](C=C(CO)[C@@H](O)[C@]2(O)[C@H]1OC(=O)c1ccccc1Nc1ccccc1)[C@H]1[C@@H](C[C@H]3C)C1(C)C. The molecule has 2 bridgehead atoms. The fourth-order valence-electron chi connectivity index (χ4n) is 8.21. The fraction of sp³-hybridized carbons (Fsp3) is 0.455. The molecule has 7 heteroatoms. The third kappa shape index (κ3) is 3.54. The first-order valence-electron chi connectivity index (χ1n) is 14.1. The summed E-state index contributed by atoms with van der Waals surface area (Å²) in [5.41, 5.74) is -1.42. The van der Waals surface area contributed by atoms with Crippen LogP contribution in [0.3, 0.4) is 0 Å². The number of fused-ring (bicyclic) bond motifs is 3. The van der Waals surface area contributed by atoms with Crippen LogP contribution in [0, 0.1) is 34.5 Å². The number of aliphatic hydroxyl groups is 3. The second kappa shape index (κ2) is 9.13. The van der Waals surface area contributed by atoms with Crippen LogP contribution in [0.15, 0.2) is 77.9 Å². The van der Waals surface area contributed by atoms with Crippen molar-refractivity contribution in [2.24, 2.45) is 34.5 Å². The molecule has 2 saturated carbocycles. The summed E-state index contributed by atoms with van der Waals surface area (Å²) in [4.78, 5) is 28.2. The van der Waals surface area contributed by atoms with E-state index in [4.69, 9.17) is 4.74 Å². The number of nitrogens with one attached hydrogen (secondary N) is 1. The van der Waals surface area contributed by atoms with Crippen molar-refractivity contribution in [1.29, 1.82) is 0 Å². The van der Waals surface area contributed by atoms with Crippen molar-refractivity contribution in [2.45, 2.75) is 51.9 Å². The minimum absolute atomic E-state index is 0.0562. The monoisotopic (exact) mass is 543 g/mol. The van der Waals surface area contributed by atoms with Gasteiger partial charge in [-0.3, -0.25) is 4.79 Å². The molecule has 4 aliphatic rings. The Labute approximate surface area is 234 Å². The number of allylic oxidation sites excluding steroid dienone is 1. The number of ether oxygens (including phenoxy) is 1. The van der Waals surface area contributed by atoms with Crippen LogP contribution in [0.2, 0.25) is 0 Å². The van der Waals surface area contributed by atoms with Crippen LogP contribution in [0.4, 0.5) is 11.4 Å². The van der Waals surface area contributed by atoms with Gasteiger partial charge in [-0.05, 0) is 71.9 Å². The second-order valence-electron chi connectivity index (χ2n) is 12.7. The molecule has 4 N–H and O–H groups in total. The maximum atomic E-state index is 14.5. The van der Waals surface area contributed by atoms with Crippen LogP contribution in [-0.4, -0.2) is 51.5 Å². The number of benzene rings is 2. The van der Waals surface area contributed by atoms with Crippen LogP contribution in [-0.2, 0) is 9.53 Å². The maximum absolute atomic E-state index is 14.5. The Kier molecular flexibility index (Phi) is 6.15. The highest BCUT2D eigenvalue weighted by atomic mass is 16.6. The zero-order valence-corrected chi connectivity index (χ0v) is 23.3. The predicted molar refractivity (Wildman–Crippen MR) is 151 cm³/mol. The van der Waals surface area contributed by atoms with Gasteiger partial charge in [-0.25, -0.2) is 4.79 Å². The zero-order chi connectivity index (χ0) is 28.6. The molecule has 0 heterocycles. The molecule has 0 unspecified atom stereocenters. The highest BCUT2D eigenvalue weighted by Crippen LogP contribution is 2.71. The van der Waals surface area contributed by atoms with E-state index in [-0.39, 0.29) is 40.1 Å². The molecule has 0 radical (unpaired) electrons. The van der Waals surface area contributed by atoms with E-state index in [1.807, 2.05) is 37.3 Å². The maximum Gasteiger partial charge on any atom is 0.340 e. The standard InChI is InChI=1S/C33H37NO6/c1-18-16-32-19(2)14-24-26(31(24,3)4)23(28(32)37)15-20(17-35)27(36)33(32,39)29(18)40-30(38)22-12-8-9-13-25(22)34-21-10-6-5-7-11-21/h5-13,15-16,19,23-24,26-27,29,34-36,39H,14,17H2,1-4H3/t19-,23+,24-,26+,27-,29+,32+,33+/m1/s1. The molecule has 4 aliphatic carbocycles. The number of carbonyl (C=O) groups is 2. The smallest absolute Gasteiger partial charge is 0.340 e. The minimum atomic E-state index is -2.17. The van der Waals surface area contributed by atoms with E-state index in [2.05, 4.69) is 19.2 Å². The van der Waals surface area contributed by atoms with Gasteiger partial charge in [0.15, 0.2) is 17.5 Å². The lowest BCUT2D eigenvalue weighted by atomic mass is 9.59. The Balaban J connectivity index is 1.40. The molecular formula is C33H37NO6. The normalized spacial score (nSPS) is 37.2. The van der Waals surface area contributed by atoms with Crippen molar-refractivity contribution in [2.75, 3.05) is 11.9 Å². The lowest BCUT2D eigenvalue weighted by Crippen LogP contribution is -2.65. The number of hydrogen-bond acceptors (Lipinski definition) is 7. The number of hydrogen-bond donors (Lipinski definition) is 4. The number of carbonyl (C=O) groups excluding carboxylic acids is 2. The number of anilines is 2. The Bertz CT molecular complexity index is 1430. The molecule has 2 aromatic rings. The van der Waals surface area contributed by atoms with E-state index < -0.39 is 41.7 Å². The molecule has 2 aromatic carbocycles. The van der Waals surface area contributed by atoms with Gasteiger partial charge >= 0.3 is 5.97 Å². The molecule has 7 nitrogen and oxygen atoms in total. The average Bonchev–Trinajstić information content (AvgIpc) is 3.43. The van der Waals surface area contributed by atoms with Gasteiger partial charge in [0.1, 0.15) is 6.10 Å². The van der Waals surface area contributed by atoms with E-state index >= 15 is 0 Å². The van der Waals surface area contributed by atoms with Crippen molar-refractivity contribution in [3.05, 3.63) is 83.5 Å². The first-order chi connectivity index (χ1) is 19.0. The molecule has 40 heavy (non-hydrogen) atoms. The van der Waals surface area contributed by atoms with Crippen molar-refractivity contribution in [1.82, 2.24) is 0 Å². The molecule has 1 spiro atoms. The van der Waals surface area contributed by atoms with E-state index in [0.29, 0.717) is 17.7 Å². The third-order valence-corrected chi connectivity index (χ3v) is 10.3. The van der Waals surface area contributed by atoms with Gasteiger partial charge in [0, 0.05) is 11.6 Å². The molecule has 0 saturated heterocycles. The van der Waals surface area contributed by atoms with Gasteiger partial charge < -0.3 is 25.4 Å². The highest BCUT2D eigenvalue weighted by Gasteiger charge is 2.76. The molecular weight excluding hydrogens is 506 g/mol. The Hall–Kier alpha value is -3.26. The molecule has 0 aliphatic heterocycles. The van der Waals surface area contributed by atoms with Gasteiger partial charge in [0.25, 0.3) is 0 Å². The Morgan fingerprint density at radius 1 is 1.10 bits per heavy atom. The van der Waals surface area contributed by atoms with Crippen LogP contribution in [0.1, 0.15) is 44.5 Å². The molecule has 8 atom stereocenters. The second-order valence-corrected chi connectivity index (χ2v) is 12.7. The molecule has 0 aromatic heterocycles. The van der Waals surface area contributed by atoms with Crippen molar-refractivity contribution in [3.63, 3.8) is 0 Å². The Morgan fingerprint density at radius 3 is 2.48 bits per heavy atom. The highest BCUT2D eigenvalue weighted by molar-refractivity contribution is 5.98. The lowest BCUT2D eigenvalue weighted by Gasteiger charge is -2.48. The number of para-hydroxylation sites is 2. The molecule has 0 amide bonds. The summed E-state index contributed by atoms with van der Waals surface area (Å²) < 4.78 is 6.06. The van der Waals surface area contributed by atoms with Gasteiger partial charge in [-0.15, -0.1) is 0 Å². The first-order valence-corrected chi connectivity index (χ1v) is 14.1. The predicted octanol–water partition coefficient (Wildman–Crippen LogP) is 4.42. The number of rotatable bonds is 5.